The molecule has 0 aromatic heterocycles. The molecular weight excluding hydrogens is 316 g/mol. The van der Waals surface area contributed by atoms with Crippen LogP contribution in [0.4, 0.5) is 0 Å². The minimum absolute atomic E-state index is 0.422. The van der Waals surface area contributed by atoms with Gasteiger partial charge in [-0.05, 0) is 12.1 Å². The Morgan fingerprint density at radius 2 is 1.17 bits per heavy atom. The Hall–Kier alpha value is -1.54. The van der Waals surface area contributed by atoms with E-state index in [0.717, 1.165) is 0 Å². The Morgan fingerprint density at radius 1 is 0.625 bits per heavy atom. The standard InChI is InChI=1S/C17H28O7/c1-18-6-8-21-9-10-22-11-13-23-16-5-4-15(20-3)14-17(16)24-12-7-19-2/h4-5,14H,6-13H2,1-3H3. The van der Waals surface area contributed by atoms with Gasteiger partial charge in [0.25, 0.3) is 0 Å². The number of benzene rings is 1. The summed E-state index contributed by atoms with van der Waals surface area (Å²) < 4.78 is 37.2. The highest BCUT2D eigenvalue weighted by molar-refractivity contribution is 5.45. The van der Waals surface area contributed by atoms with Crippen molar-refractivity contribution in [1.82, 2.24) is 0 Å². The van der Waals surface area contributed by atoms with Gasteiger partial charge in [-0.25, -0.2) is 0 Å². The van der Waals surface area contributed by atoms with Crippen LogP contribution < -0.4 is 14.2 Å². The highest BCUT2D eigenvalue weighted by atomic mass is 16.6. The molecule has 0 radical (unpaired) electrons. The lowest BCUT2D eigenvalue weighted by Gasteiger charge is -2.14. The first kappa shape index (κ1) is 20.5. The van der Waals surface area contributed by atoms with Crippen LogP contribution in [0.3, 0.4) is 0 Å². The van der Waals surface area contributed by atoms with Gasteiger partial charge in [0.1, 0.15) is 19.0 Å². The van der Waals surface area contributed by atoms with E-state index in [4.69, 9.17) is 33.2 Å². The Labute approximate surface area is 143 Å². The van der Waals surface area contributed by atoms with E-state index in [2.05, 4.69) is 0 Å². The zero-order chi connectivity index (χ0) is 17.5. The summed E-state index contributed by atoms with van der Waals surface area (Å²) in [5.41, 5.74) is 0. The normalized spacial score (nSPS) is 10.6. The number of methoxy groups -OCH3 is 3. The maximum Gasteiger partial charge on any atom is 0.164 e. The molecule has 0 fully saturated rings. The predicted molar refractivity (Wildman–Crippen MR) is 89.4 cm³/mol. The van der Waals surface area contributed by atoms with Crippen molar-refractivity contribution in [1.29, 1.82) is 0 Å². The van der Waals surface area contributed by atoms with Crippen LogP contribution in [0.2, 0.25) is 0 Å². The molecule has 0 aliphatic carbocycles. The largest absolute Gasteiger partial charge is 0.497 e. The predicted octanol–water partition coefficient (Wildman–Crippen LogP) is 1.78. The summed E-state index contributed by atoms with van der Waals surface area (Å²) >= 11 is 0. The summed E-state index contributed by atoms with van der Waals surface area (Å²) in [6.45, 7) is 4.06. The highest BCUT2D eigenvalue weighted by Gasteiger charge is 2.07. The van der Waals surface area contributed by atoms with E-state index in [1.807, 2.05) is 12.1 Å². The summed E-state index contributed by atoms with van der Waals surface area (Å²) in [4.78, 5) is 0. The van der Waals surface area contributed by atoms with Crippen molar-refractivity contribution in [2.24, 2.45) is 0 Å². The van der Waals surface area contributed by atoms with Crippen LogP contribution >= 0.6 is 0 Å². The fourth-order valence-electron chi connectivity index (χ4n) is 1.76. The third kappa shape index (κ3) is 8.93. The van der Waals surface area contributed by atoms with E-state index < -0.39 is 0 Å². The SMILES string of the molecule is COCCOCCOCCOc1ccc(OC)cc1OCCOC. The van der Waals surface area contributed by atoms with Crippen molar-refractivity contribution < 1.29 is 33.2 Å². The zero-order valence-corrected chi connectivity index (χ0v) is 14.7. The highest BCUT2D eigenvalue weighted by Crippen LogP contribution is 2.31. The van der Waals surface area contributed by atoms with Crippen LogP contribution in [0.1, 0.15) is 0 Å². The third-order valence-corrected chi connectivity index (χ3v) is 2.98. The second kappa shape index (κ2) is 13.9. The maximum atomic E-state index is 5.71. The van der Waals surface area contributed by atoms with Crippen LogP contribution in [0.15, 0.2) is 18.2 Å². The summed E-state index contributed by atoms with van der Waals surface area (Å²) in [5, 5.41) is 0. The van der Waals surface area contributed by atoms with Crippen LogP contribution in [0.5, 0.6) is 17.2 Å². The van der Waals surface area contributed by atoms with Gasteiger partial charge in [-0.1, -0.05) is 0 Å². The second-order valence-electron chi connectivity index (χ2n) is 4.72. The number of hydrogen-bond donors (Lipinski definition) is 0. The molecule has 0 unspecified atom stereocenters. The lowest BCUT2D eigenvalue weighted by Crippen LogP contribution is -2.13. The Bertz CT molecular complexity index is 425. The molecule has 0 saturated carbocycles. The quantitative estimate of drug-likeness (QED) is 0.449. The van der Waals surface area contributed by atoms with E-state index in [1.54, 1.807) is 27.4 Å². The van der Waals surface area contributed by atoms with Gasteiger partial charge in [-0.3, -0.25) is 0 Å². The number of ether oxygens (including phenoxy) is 7. The average molecular weight is 344 g/mol. The summed E-state index contributed by atoms with van der Waals surface area (Å²) in [6, 6.07) is 5.42. The first-order valence-corrected chi connectivity index (χ1v) is 7.88. The topological polar surface area (TPSA) is 64.6 Å². The van der Waals surface area contributed by atoms with Gasteiger partial charge < -0.3 is 33.2 Å². The average Bonchev–Trinajstić information content (AvgIpc) is 2.61. The molecule has 0 atom stereocenters. The first-order valence-electron chi connectivity index (χ1n) is 7.88. The first-order chi connectivity index (χ1) is 11.8. The molecule has 24 heavy (non-hydrogen) atoms. The summed E-state index contributed by atoms with van der Waals surface area (Å²) in [6.07, 6.45) is 0. The van der Waals surface area contributed by atoms with Crippen molar-refractivity contribution in [2.45, 2.75) is 0 Å². The molecule has 0 aliphatic heterocycles. The molecule has 0 bridgehead atoms. The van der Waals surface area contributed by atoms with Gasteiger partial charge in [0.2, 0.25) is 0 Å². The molecule has 0 aliphatic rings. The van der Waals surface area contributed by atoms with Crippen LogP contribution in [0, 0.1) is 0 Å². The molecule has 1 aromatic carbocycles. The lowest BCUT2D eigenvalue weighted by molar-refractivity contribution is 0.0177. The summed E-state index contributed by atoms with van der Waals surface area (Å²) in [5.74, 6) is 1.97. The Kier molecular flexibility index (Phi) is 11.8. The molecule has 138 valence electrons. The minimum atomic E-state index is 0.422. The van der Waals surface area contributed by atoms with Gasteiger partial charge in [-0.15, -0.1) is 0 Å². The molecule has 0 saturated heterocycles. The molecule has 0 amide bonds. The fraction of sp³-hybridized carbons (Fsp3) is 0.647. The van der Waals surface area contributed by atoms with Gasteiger partial charge in [0.05, 0.1) is 46.8 Å². The van der Waals surface area contributed by atoms with Gasteiger partial charge in [0, 0.05) is 20.3 Å². The van der Waals surface area contributed by atoms with E-state index in [9.17, 15) is 0 Å². The minimum Gasteiger partial charge on any atom is -0.497 e. The van der Waals surface area contributed by atoms with E-state index in [-0.39, 0.29) is 0 Å². The third-order valence-electron chi connectivity index (χ3n) is 2.98. The number of hydrogen-bond acceptors (Lipinski definition) is 7. The fourth-order valence-corrected chi connectivity index (χ4v) is 1.76. The smallest absolute Gasteiger partial charge is 0.164 e. The molecule has 0 N–H and O–H groups in total. The molecular formula is C17H28O7. The van der Waals surface area contributed by atoms with E-state index in [0.29, 0.717) is 70.1 Å². The van der Waals surface area contributed by atoms with Crippen molar-refractivity contribution in [3.63, 3.8) is 0 Å². The molecule has 0 spiro atoms. The number of rotatable bonds is 15. The zero-order valence-electron chi connectivity index (χ0n) is 14.7. The van der Waals surface area contributed by atoms with Gasteiger partial charge >= 0.3 is 0 Å². The monoisotopic (exact) mass is 344 g/mol. The van der Waals surface area contributed by atoms with Crippen LogP contribution in [-0.2, 0) is 18.9 Å². The summed E-state index contributed by atoms with van der Waals surface area (Å²) in [7, 11) is 4.88. The Morgan fingerprint density at radius 3 is 1.83 bits per heavy atom. The van der Waals surface area contributed by atoms with Crippen molar-refractivity contribution in [2.75, 3.05) is 74.2 Å². The Balaban J connectivity index is 2.27. The second-order valence-corrected chi connectivity index (χ2v) is 4.72. The van der Waals surface area contributed by atoms with Crippen LogP contribution in [0.25, 0.3) is 0 Å². The molecule has 0 heterocycles. The van der Waals surface area contributed by atoms with Crippen LogP contribution in [-0.4, -0.2) is 74.2 Å². The lowest BCUT2D eigenvalue weighted by atomic mass is 10.3. The molecule has 7 heteroatoms. The van der Waals surface area contributed by atoms with E-state index >= 15 is 0 Å². The van der Waals surface area contributed by atoms with Gasteiger partial charge in [-0.2, -0.15) is 0 Å². The van der Waals surface area contributed by atoms with Crippen molar-refractivity contribution in [3.8, 4) is 17.2 Å². The maximum absolute atomic E-state index is 5.71. The van der Waals surface area contributed by atoms with E-state index in [1.165, 1.54) is 0 Å². The van der Waals surface area contributed by atoms with Crippen molar-refractivity contribution >= 4 is 0 Å². The molecule has 7 nitrogen and oxygen atoms in total. The molecule has 1 rings (SSSR count). The van der Waals surface area contributed by atoms with Crippen molar-refractivity contribution in [3.05, 3.63) is 18.2 Å². The molecule has 1 aromatic rings. The van der Waals surface area contributed by atoms with Gasteiger partial charge in [0.15, 0.2) is 11.5 Å².